The van der Waals surface area contributed by atoms with Gasteiger partial charge in [-0.15, -0.1) is 0 Å². The van der Waals surface area contributed by atoms with E-state index in [1.807, 2.05) is 13.8 Å². The summed E-state index contributed by atoms with van der Waals surface area (Å²) in [5.74, 6) is -0.0770. The molecule has 5 heteroatoms. The predicted octanol–water partition coefficient (Wildman–Crippen LogP) is 1.82. The number of ether oxygens (including phenoxy) is 2. The lowest BCUT2D eigenvalue weighted by Crippen LogP contribution is -2.39. The van der Waals surface area contributed by atoms with Crippen LogP contribution in [0.5, 0.6) is 11.6 Å². The van der Waals surface area contributed by atoms with Crippen molar-refractivity contribution in [1.82, 2.24) is 4.98 Å². The zero-order valence-electron chi connectivity index (χ0n) is 9.45. The molecule has 0 bridgehead atoms. The first kappa shape index (κ1) is 11.1. The zero-order valence-corrected chi connectivity index (χ0v) is 9.45. The van der Waals surface area contributed by atoms with Crippen LogP contribution in [0.25, 0.3) is 0 Å². The van der Waals surface area contributed by atoms with E-state index >= 15 is 0 Å². The molecular formula is C11H14FNO3. The van der Waals surface area contributed by atoms with Gasteiger partial charge in [0.1, 0.15) is 17.9 Å². The number of aliphatic hydroxyl groups is 1. The van der Waals surface area contributed by atoms with Crippen molar-refractivity contribution in [3.63, 3.8) is 0 Å². The molecule has 88 valence electrons. The zero-order chi connectivity index (χ0) is 11.9. The number of halogens is 1. The Morgan fingerprint density at radius 2 is 2.25 bits per heavy atom. The van der Waals surface area contributed by atoms with Gasteiger partial charge in [-0.05, 0) is 20.8 Å². The standard InChI is InChI=1S/C11H14FNO3/c1-6(14)9-7(12)4-8-10(13-9)16-11(2,3)5-15-8/h4,6,14H,5H2,1-3H3. The van der Waals surface area contributed by atoms with Crippen LogP contribution in [-0.2, 0) is 0 Å². The number of hydrogen-bond acceptors (Lipinski definition) is 4. The molecule has 2 rings (SSSR count). The molecular weight excluding hydrogens is 213 g/mol. The third kappa shape index (κ3) is 1.95. The quantitative estimate of drug-likeness (QED) is 0.795. The van der Waals surface area contributed by atoms with Crippen molar-refractivity contribution in [1.29, 1.82) is 0 Å². The van der Waals surface area contributed by atoms with Crippen molar-refractivity contribution in [2.45, 2.75) is 32.5 Å². The highest BCUT2D eigenvalue weighted by Gasteiger charge is 2.30. The first-order valence-electron chi connectivity index (χ1n) is 5.09. The highest BCUT2D eigenvalue weighted by molar-refractivity contribution is 5.38. The van der Waals surface area contributed by atoms with Gasteiger partial charge < -0.3 is 14.6 Å². The lowest BCUT2D eigenvalue weighted by Gasteiger charge is -2.31. The highest BCUT2D eigenvalue weighted by atomic mass is 19.1. The van der Waals surface area contributed by atoms with Gasteiger partial charge in [0.2, 0.25) is 0 Å². The van der Waals surface area contributed by atoms with Crippen LogP contribution in [0.2, 0.25) is 0 Å². The lowest BCUT2D eigenvalue weighted by atomic mass is 10.1. The van der Waals surface area contributed by atoms with Crippen LogP contribution in [0, 0.1) is 5.82 Å². The molecule has 2 heterocycles. The number of pyridine rings is 1. The fraction of sp³-hybridized carbons (Fsp3) is 0.545. The Kier molecular flexibility index (Phi) is 2.50. The summed E-state index contributed by atoms with van der Waals surface area (Å²) < 4.78 is 24.4. The maximum Gasteiger partial charge on any atom is 0.258 e. The summed E-state index contributed by atoms with van der Waals surface area (Å²) in [4.78, 5) is 3.94. The van der Waals surface area contributed by atoms with Crippen LogP contribution >= 0.6 is 0 Å². The molecule has 1 atom stereocenters. The summed E-state index contributed by atoms with van der Waals surface area (Å²) in [6.07, 6.45) is -0.973. The lowest BCUT2D eigenvalue weighted by molar-refractivity contribution is 0.0146. The van der Waals surface area contributed by atoms with Crippen LogP contribution in [0.15, 0.2) is 6.07 Å². The summed E-state index contributed by atoms with van der Waals surface area (Å²) in [5.41, 5.74) is -0.520. The molecule has 16 heavy (non-hydrogen) atoms. The molecule has 1 aliphatic heterocycles. The van der Waals surface area contributed by atoms with Gasteiger partial charge >= 0.3 is 0 Å². The van der Waals surface area contributed by atoms with Gasteiger partial charge in [0, 0.05) is 6.07 Å². The van der Waals surface area contributed by atoms with E-state index in [2.05, 4.69) is 4.98 Å². The van der Waals surface area contributed by atoms with E-state index in [-0.39, 0.29) is 17.3 Å². The van der Waals surface area contributed by atoms with Crippen molar-refractivity contribution >= 4 is 0 Å². The Hall–Kier alpha value is -1.36. The topological polar surface area (TPSA) is 51.6 Å². The summed E-state index contributed by atoms with van der Waals surface area (Å²) >= 11 is 0. The molecule has 0 saturated carbocycles. The van der Waals surface area contributed by atoms with Gasteiger partial charge in [0.25, 0.3) is 5.88 Å². The first-order valence-corrected chi connectivity index (χ1v) is 5.09. The Bertz CT molecular complexity index is 418. The molecule has 0 aliphatic carbocycles. The molecule has 0 spiro atoms. The average molecular weight is 227 g/mol. The minimum atomic E-state index is -0.973. The molecule has 1 N–H and O–H groups in total. The van der Waals surface area contributed by atoms with Crippen molar-refractivity contribution in [2.75, 3.05) is 6.61 Å². The summed E-state index contributed by atoms with van der Waals surface area (Å²) in [5, 5.41) is 9.34. The molecule has 4 nitrogen and oxygen atoms in total. The molecule has 0 fully saturated rings. The van der Waals surface area contributed by atoms with Gasteiger partial charge in [-0.2, -0.15) is 0 Å². The van der Waals surface area contributed by atoms with Crippen LogP contribution in [-0.4, -0.2) is 22.3 Å². The van der Waals surface area contributed by atoms with Crippen LogP contribution in [0.1, 0.15) is 32.6 Å². The maximum absolute atomic E-state index is 13.5. The number of aliphatic hydroxyl groups excluding tert-OH is 1. The molecule has 1 aromatic rings. The smallest absolute Gasteiger partial charge is 0.258 e. The van der Waals surface area contributed by atoms with Crippen LogP contribution in [0.3, 0.4) is 0 Å². The summed E-state index contributed by atoms with van der Waals surface area (Å²) in [6, 6.07) is 1.19. The molecule has 1 aliphatic rings. The van der Waals surface area contributed by atoms with E-state index in [1.165, 1.54) is 13.0 Å². The number of nitrogens with zero attached hydrogens (tertiary/aromatic N) is 1. The van der Waals surface area contributed by atoms with E-state index in [4.69, 9.17) is 9.47 Å². The normalized spacial score (nSPS) is 19.3. The number of aromatic nitrogens is 1. The van der Waals surface area contributed by atoms with E-state index in [9.17, 15) is 9.50 Å². The molecule has 0 radical (unpaired) electrons. The molecule has 0 amide bonds. The number of fused-ring (bicyclic) bond motifs is 1. The van der Waals surface area contributed by atoms with Crippen molar-refractivity contribution in [3.8, 4) is 11.6 Å². The van der Waals surface area contributed by atoms with E-state index < -0.39 is 17.5 Å². The second kappa shape index (κ2) is 3.59. The first-order chi connectivity index (χ1) is 7.39. The predicted molar refractivity (Wildman–Crippen MR) is 55.0 cm³/mol. The van der Waals surface area contributed by atoms with E-state index in [0.717, 1.165) is 0 Å². The third-order valence-electron chi connectivity index (χ3n) is 2.28. The van der Waals surface area contributed by atoms with Crippen molar-refractivity contribution in [3.05, 3.63) is 17.6 Å². The van der Waals surface area contributed by atoms with Gasteiger partial charge in [0.15, 0.2) is 11.6 Å². The molecule has 1 unspecified atom stereocenters. The fourth-order valence-corrected chi connectivity index (χ4v) is 1.48. The molecule has 0 aromatic carbocycles. The minimum Gasteiger partial charge on any atom is -0.484 e. The van der Waals surface area contributed by atoms with Crippen LogP contribution < -0.4 is 9.47 Å². The summed E-state index contributed by atoms with van der Waals surface area (Å²) in [6.45, 7) is 5.49. The van der Waals surface area contributed by atoms with Crippen molar-refractivity contribution in [2.24, 2.45) is 0 Å². The number of hydrogen-bond donors (Lipinski definition) is 1. The van der Waals surface area contributed by atoms with Crippen molar-refractivity contribution < 1.29 is 19.0 Å². The molecule has 0 saturated heterocycles. The minimum absolute atomic E-state index is 0.0277. The largest absolute Gasteiger partial charge is 0.484 e. The Balaban J connectivity index is 2.44. The van der Waals surface area contributed by atoms with Gasteiger partial charge in [0.05, 0.1) is 6.10 Å². The van der Waals surface area contributed by atoms with Crippen LogP contribution in [0.4, 0.5) is 4.39 Å². The monoisotopic (exact) mass is 227 g/mol. The Labute approximate surface area is 93.0 Å². The number of rotatable bonds is 1. The van der Waals surface area contributed by atoms with Gasteiger partial charge in [-0.1, -0.05) is 0 Å². The van der Waals surface area contributed by atoms with E-state index in [0.29, 0.717) is 6.61 Å². The second-order valence-electron chi connectivity index (χ2n) is 4.49. The van der Waals surface area contributed by atoms with E-state index in [1.54, 1.807) is 0 Å². The van der Waals surface area contributed by atoms with Gasteiger partial charge in [-0.25, -0.2) is 9.37 Å². The maximum atomic E-state index is 13.5. The molecule has 1 aromatic heterocycles. The fourth-order valence-electron chi connectivity index (χ4n) is 1.48. The highest BCUT2D eigenvalue weighted by Crippen LogP contribution is 2.35. The summed E-state index contributed by atoms with van der Waals surface area (Å²) in [7, 11) is 0. The Morgan fingerprint density at radius 3 is 2.88 bits per heavy atom. The third-order valence-corrected chi connectivity index (χ3v) is 2.28. The second-order valence-corrected chi connectivity index (χ2v) is 4.49. The Morgan fingerprint density at radius 1 is 1.56 bits per heavy atom. The SMILES string of the molecule is CC(O)c1nc2c(cc1F)OCC(C)(C)O2. The van der Waals surface area contributed by atoms with Gasteiger partial charge in [-0.3, -0.25) is 0 Å². The average Bonchev–Trinajstić information content (AvgIpc) is 2.16.